The molecule has 1 fully saturated rings. The number of carbonyl (C=O) groups excluding carboxylic acids is 1. The number of carbonyl (C=O) groups is 1. The van der Waals surface area contributed by atoms with Crippen molar-refractivity contribution < 1.29 is 4.79 Å². The summed E-state index contributed by atoms with van der Waals surface area (Å²) in [5.74, 6) is -0.00774. The van der Waals surface area contributed by atoms with Crippen molar-refractivity contribution in [3.8, 4) is 0 Å². The summed E-state index contributed by atoms with van der Waals surface area (Å²) in [5, 5.41) is 2.90. The van der Waals surface area contributed by atoms with Gasteiger partial charge in [0.25, 0.3) is 0 Å². The minimum Gasteiger partial charge on any atom is -0.327 e. The van der Waals surface area contributed by atoms with Crippen LogP contribution in [-0.4, -0.2) is 29.9 Å². The second kappa shape index (κ2) is 7.41. The summed E-state index contributed by atoms with van der Waals surface area (Å²) < 4.78 is 0. The zero-order valence-electron chi connectivity index (χ0n) is 12.3. The number of hydrogen-bond acceptors (Lipinski definition) is 3. The molecule has 0 radical (unpaired) electrons. The van der Waals surface area contributed by atoms with Crippen LogP contribution in [0.5, 0.6) is 0 Å². The van der Waals surface area contributed by atoms with Gasteiger partial charge in [-0.1, -0.05) is 19.1 Å². The van der Waals surface area contributed by atoms with E-state index < -0.39 is 0 Å². The molecule has 0 saturated carbocycles. The third-order valence-electron chi connectivity index (χ3n) is 3.81. The van der Waals surface area contributed by atoms with Crippen molar-refractivity contribution in [1.29, 1.82) is 0 Å². The molecule has 3 N–H and O–H groups in total. The molecule has 1 aromatic rings. The van der Waals surface area contributed by atoms with Gasteiger partial charge in [0, 0.05) is 24.7 Å². The van der Waals surface area contributed by atoms with Crippen LogP contribution in [0.2, 0.25) is 0 Å². The highest BCUT2D eigenvalue weighted by Gasteiger charge is 2.12. The first-order chi connectivity index (χ1) is 9.67. The van der Waals surface area contributed by atoms with Gasteiger partial charge in [-0.05, 0) is 50.0 Å². The van der Waals surface area contributed by atoms with Gasteiger partial charge in [-0.15, -0.1) is 0 Å². The molecule has 1 aliphatic rings. The number of benzene rings is 1. The molecule has 4 nitrogen and oxygen atoms in total. The van der Waals surface area contributed by atoms with Crippen molar-refractivity contribution in [2.75, 3.05) is 18.4 Å². The molecule has 1 unspecified atom stereocenters. The molecule has 4 heteroatoms. The molecule has 0 aromatic heterocycles. The number of nitrogens with zero attached hydrogens (tertiary/aromatic N) is 1. The maximum atomic E-state index is 11.7. The van der Waals surface area contributed by atoms with Crippen LogP contribution >= 0.6 is 0 Å². The lowest BCUT2D eigenvalue weighted by Gasteiger charge is -2.15. The van der Waals surface area contributed by atoms with Crippen LogP contribution in [0.15, 0.2) is 24.3 Å². The Labute approximate surface area is 121 Å². The molecule has 2 rings (SSSR count). The normalized spacial score (nSPS) is 17.1. The van der Waals surface area contributed by atoms with Gasteiger partial charge in [0.15, 0.2) is 0 Å². The third-order valence-corrected chi connectivity index (χ3v) is 3.81. The molecule has 110 valence electrons. The molecule has 20 heavy (non-hydrogen) atoms. The SMILES string of the molecule is CCC(N)CC(=O)Nc1ccc(CN2CCCC2)cc1. The van der Waals surface area contributed by atoms with E-state index in [1.165, 1.54) is 31.5 Å². The molecule has 1 aliphatic heterocycles. The lowest BCUT2D eigenvalue weighted by Crippen LogP contribution is -2.26. The molecular weight excluding hydrogens is 250 g/mol. The minimum absolute atomic E-state index is 0.00774. The smallest absolute Gasteiger partial charge is 0.225 e. The van der Waals surface area contributed by atoms with Gasteiger partial charge in [-0.2, -0.15) is 0 Å². The standard InChI is InChI=1S/C16H25N3O/c1-2-14(17)11-16(20)18-15-7-5-13(6-8-15)12-19-9-3-4-10-19/h5-8,14H,2-4,9-12,17H2,1H3,(H,18,20). The van der Waals surface area contributed by atoms with Crippen LogP contribution in [0.25, 0.3) is 0 Å². The molecule has 0 spiro atoms. The fourth-order valence-electron chi connectivity index (χ4n) is 2.49. The van der Waals surface area contributed by atoms with E-state index >= 15 is 0 Å². The number of rotatable bonds is 6. The van der Waals surface area contributed by atoms with Gasteiger partial charge in [0.05, 0.1) is 0 Å². The summed E-state index contributed by atoms with van der Waals surface area (Å²) in [6.07, 6.45) is 3.83. The minimum atomic E-state index is -0.0514. The molecule has 0 bridgehead atoms. The maximum absolute atomic E-state index is 11.7. The molecule has 1 aromatic carbocycles. The van der Waals surface area contributed by atoms with E-state index in [0.29, 0.717) is 6.42 Å². The number of nitrogens with two attached hydrogens (primary N) is 1. The summed E-state index contributed by atoms with van der Waals surface area (Å²) in [6, 6.07) is 8.08. The molecule has 1 saturated heterocycles. The predicted molar refractivity (Wildman–Crippen MR) is 82.5 cm³/mol. The van der Waals surface area contributed by atoms with Gasteiger partial charge in [-0.3, -0.25) is 9.69 Å². The van der Waals surface area contributed by atoms with Crippen molar-refractivity contribution in [3.63, 3.8) is 0 Å². The molecule has 1 atom stereocenters. The maximum Gasteiger partial charge on any atom is 0.225 e. The van der Waals surface area contributed by atoms with E-state index in [0.717, 1.165) is 18.7 Å². The van der Waals surface area contributed by atoms with Crippen molar-refractivity contribution in [2.45, 2.75) is 45.2 Å². The number of amides is 1. The Kier molecular flexibility index (Phi) is 5.56. The van der Waals surface area contributed by atoms with Gasteiger partial charge < -0.3 is 11.1 Å². The fraction of sp³-hybridized carbons (Fsp3) is 0.562. The highest BCUT2D eigenvalue weighted by Crippen LogP contribution is 2.15. The Morgan fingerprint density at radius 1 is 1.30 bits per heavy atom. The topological polar surface area (TPSA) is 58.4 Å². The Morgan fingerprint density at radius 2 is 1.95 bits per heavy atom. The van der Waals surface area contributed by atoms with E-state index in [-0.39, 0.29) is 11.9 Å². The zero-order valence-corrected chi connectivity index (χ0v) is 12.3. The van der Waals surface area contributed by atoms with Crippen molar-refractivity contribution in [2.24, 2.45) is 5.73 Å². The first kappa shape index (κ1) is 15.0. The number of nitrogens with one attached hydrogen (secondary N) is 1. The predicted octanol–water partition coefficient (Wildman–Crippen LogP) is 2.35. The van der Waals surface area contributed by atoms with Gasteiger partial charge in [0.1, 0.15) is 0 Å². The Bertz CT molecular complexity index is 424. The number of hydrogen-bond donors (Lipinski definition) is 2. The average Bonchev–Trinajstić information content (AvgIpc) is 2.93. The Balaban J connectivity index is 1.83. The van der Waals surface area contributed by atoms with Crippen LogP contribution in [-0.2, 0) is 11.3 Å². The molecular formula is C16H25N3O. The number of anilines is 1. The zero-order chi connectivity index (χ0) is 14.4. The molecule has 0 aliphatic carbocycles. The summed E-state index contributed by atoms with van der Waals surface area (Å²) in [5.41, 5.74) is 7.93. The van der Waals surface area contributed by atoms with Gasteiger partial charge in [-0.25, -0.2) is 0 Å². The highest BCUT2D eigenvalue weighted by molar-refractivity contribution is 5.91. The summed E-state index contributed by atoms with van der Waals surface area (Å²) in [4.78, 5) is 14.2. The lowest BCUT2D eigenvalue weighted by atomic mass is 10.1. The summed E-state index contributed by atoms with van der Waals surface area (Å²) >= 11 is 0. The van der Waals surface area contributed by atoms with Crippen LogP contribution in [0, 0.1) is 0 Å². The van der Waals surface area contributed by atoms with E-state index in [4.69, 9.17) is 5.73 Å². The highest BCUT2D eigenvalue weighted by atomic mass is 16.1. The van der Waals surface area contributed by atoms with Crippen molar-refractivity contribution in [3.05, 3.63) is 29.8 Å². The van der Waals surface area contributed by atoms with E-state index in [9.17, 15) is 4.79 Å². The second-order valence-corrected chi connectivity index (χ2v) is 5.60. The molecule has 1 heterocycles. The first-order valence-corrected chi connectivity index (χ1v) is 7.54. The fourth-order valence-corrected chi connectivity index (χ4v) is 2.49. The monoisotopic (exact) mass is 275 g/mol. The van der Waals surface area contributed by atoms with Crippen LogP contribution in [0.3, 0.4) is 0 Å². The third kappa shape index (κ3) is 4.62. The van der Waals surface area contributed by atoms with Crippen molar-refractivity contribution in [1.82, 2.24) is 4.90 Å². The second-order valence-electron chi connectivity index (χ2n) is 5.60. The van der Waals surface area contributed by atoms with Crippen LogP contribution in [0.4, 0.5) is 5.69 Å². The van der Waals surface area contributed by atoms with Crippen molar-refractivity contribution >= 4 is 11.6 Å². The first-order valence-electron chi connectivity index (χ1n) is 7.54. The Morgan fingerprint density at radius 3 is 2.55 bits per heavy atom. The van der Waals surface area contributed by atoms with Crippen LogP contribution < -0.4 is 11.1 Å². The number of likely N-dealkylation sites (tertiary alicyclic amines) is 1. The average molecular weight is 275 g/mol. The van der Waals surface area contributed by atoms with Gasteiger partial charge in [0.2, 0.25) is 5.91 Å². The van der Waals surface area contributed by atoms with Gasteiger partial charge >= 0.3 is 0 Å². The van der Waals surface area contributed by atoms with E-state index in [1.807, 2.05) is 19.1 Å². The van der Waals surface area contributed by atoms with E-state index in [2.05, 4.69) is 22.3 Å². The Hall–Kier alpha value is -1.39. The summed E-state index contributed by atoms with van der Waals surface area (Å²) in [7, 11) is 0. The van der Waals surface area contributed by atoms with E-state index in [1.54, 1.807) is 0 Å². The lowest BCUT2D eigenvalue weighted by molar-refractivity contribution is -0.116. The quantitative estimate of drug-likeness (QED) is 0.838. The molecule has 1 amide bonds. The summed E-state index contributed by atoms with van der Waals surface area (Å²) in [6.45, 7) is 5.40. The van der Waals surface area contributed by atoms with Crippen LogP contribution in [0.1, 0.15) is 38.2 Å². The largest absolute Gasteiger partial charge is 0.327 e.